The lowest BCUT2D eigenvalue weighted by atomic mass is 10.1. The van der Waals surface area contributed by atoms with E-state index in [1.165, 1.54) is 0 Å². The average molecular weight is 298 g/mol. The van der Waals surface area contributed by atoms with Gasteiger partial charge in [-0.05, 0) is 37.4 Å². The molecule has 20 heavy (non-hydrogen) atoms. The minimum Gasteiger partial charge on any atom is -0.467 e. The third-order valence-corrected chi connectivity index (χ3v) is 4.27. The highest BCUT2D eigenvalue weighted by Gasteiger charge is 2.24. The quantitative estimate of drug-likeness (QED) is 0.927. The molecule has 1 aromatic rings. The number of hydrogen-bond acceptors (Lipinski definition) is 4. The van der Waals surface area contributed by atoms with Gasteiger partial charge < -0.3 is 14.6 Å². The summed E-state index contributed by atoms with van der Waals surface area (Å²) in [5.41, 5.74) is 2.17. The van der Waals surface area contributed by atoms with Crippen LogP contribution in [0.2, 0.25) is 5.02 Å². The van der Waals surface area contributed by atoms with Gasteiger partial charge in [-0.15, -0.1) is 0 Å². The van der Waals surface area contributed by atoms with Crippen molar-refractivity contribution < 1.29 is 14.6 Å². The number of aliphatic hydroxyl groups is 1. The maximum Gasteiger partial charge on any atom is 0.189 e. The van der Waals surface area contributed by atoms with E-state index >= 15 is 0 Å². The predicted molar refractivity (Wildman–Crippen MR) is 76.8 cm³/mol. The molecule has 0 radical (unpaired) electrons. The molecule has 3 rings (SSSR count). The van der Waals surface area contributed by atoms with Gasteiger partial charge in [-0.1, -0.05) is 11.6 Å². The van der Waals surface area contributed by atoms with Crippen molar-refractivity contribution in [2.75, 3.05) is 26.5 Å². The Hall–Kier alpha value is -0.810. The molecule has 1 saturated heterocycles. The van der Waals surface area contributed by atoms with Gasteiger partial charge in [0, 0.05) is 35.8 Å². The van der Waals surface area contributed by atoms with Crippen LogP contribution >= 0.6 is 11.6 Å². The van der Waals surface area contributed by atoms with Crippen molar-refractivity contribution in [3.8, 4) is 5.75 Å². The first-order valence-electron chi connectivity index (χ1n) is 7.11. The number of ether oxygens (including phenoxy) is 2. The summed E-state index contributed by atoms with van der Waals surface area (Å²) < 4.78 is 10.9. The Morgan fingerprint density at radius 1 is 1.40 bits per heavy atom. The van der Waals surface area contributed by atoms with E-state index in [4.69, 9.17) is 26.2 Å². The molecule has 0 spiro atoms. The molecule has 0 saturated carbocycles. The van der Waals surface area contributed by atoms with E-state index in [9.17, 15) is 0 Å². The maximum absolute atomic E-state index is 9.03. The molecule has 5 heteroatoms. The Morgan fingerprint density at radius 2 is 2.30 bits per heavy atom. The lowest BCUT2D eigenvalue weighted by Crippen LogP contribution is -2.22. The summed E-state index contributed by atoms with van der Waals surface area (Å²) in [6, 6.07) is 3.91. The van der Waals surface area contributed by atoms with Gasteiger partial charge in [0.1, 0.15) is 5.75 Å². The number of nitrogens with zero attached hydrogens (tertiary/aromatic N) is 1. The van der Waals surface area contributed by atoms with Crippen LogP contribution in [-0.2, 0) is 17.9 Å². The van der Waals surface area contributed by atoms with Crippen molar-refractivity contribution in [2.45, 2.75) is 26.0 Å². The molecule has 0 aliphatic carbocycles. The van der Waals surface area contributed by atoms with Crippen molar-refractivity contribution in [3.63, 3.8) is 0 Å². The molecular weight excluding hydrogens is 278 g/mol. The summed E-state index contributed by atoms with van der Waals surface area (Å²) in [6.07, 6.45) is 2.06. The van der Waals surface area contributed by atoms with Crippen molar-refractivity contribution in [1.29, 1.82) is 0 Å². The van der Waals surface area contributed by atoms with E-state index < -0.39 is 0 Å². The van der Waals surface area contributed by atoms with Crippen LogP contribution in [0.25, 0.3) is 0 Å². The molecule has 1 N–H and O–H groups in total. The number of benzene rings is 1. The first-order valence-corrected chi connectivity index (χ1v) is 7.49. The van der Waals surface area contributed by atoms with E-state index in [1.807, 2.05) is 12.1 Å². The first kappa shape index (κ1) is 14.1. The standard InChI is InChI=1S/C15H20ClNO3/c16-14-5-12(15-13(6-14)9-19-10-20-15)8-17-3-1-11(7-17)2-4-18/h5-6,11,18H,1-4,7-10H2. The zero-order valence-electron chi connectivity index (χ0n) is 11.5. The molecule has 2 heterocycles. The summed E-state index contributed by atoms with van der Waals surface area (Å²) >= 11 is 6.18. The SMILES string of the molecule is OCCC1CCN(Cc2cc(Cl)cc3c2OCOC3)C1. The largest absolute Gasteiger partial charge is 0.467 e. The van der Waals surface area contributed by atoms with Gasteiger partial charge in [-0.3, -0.25) is 4.90 Å². The third kappa shape index (κ3) is 3.09. The number of hydrogen-bond donors (Lipinski definition) is 1. The van der Waals surface area contributed by atoms with Crippen LogP contribution in [0, 0.1) is 5.92 Å². The van der Waals surface area contributed by atoms with Crippen LogP contribution in [-0.4, -0.2) is 36.5 Å². The predicted octanol–water partition coefficient (Wildman–Crippen LogP) is 2.41. The summed E-state index contributed by atoms with van der Waals surface area (Å²) in [4.78, 5) is 2.41. The normalized spacial score (nSPS) is 22.6. The van der Waals surface area contributed by atoms with Crippen molar-refractivity contribution in [3.05, 3.63) is 28.3 Å². The topological polar surface area (TPSA) is 41.9 Å². The fraction of sp³-hybridized carbons (Fsp3) is 0.600. The first-order chi connectivity index (χ1) is 9.76. The molecule has 1 aromatic carbocycles. The minimum atomic E-state index is 0.283. The Balaban J connectivity index is 1.73. The van der Waals surface area contributed by atoms with Gasteiger partial charge in [-0.2, -0.15) is 0 Å². The summed E-state index contributed by atoms with van der Waals surface area (Å²) in [7, 11) is 0. The Kier molecular flexibility index (Phi) is 4.46. The average Bonchev–Trinajstić information content (AvgIpc) is 2.86. The lowest BCUT2D eigenvalue weighted by Gasteiger charge is -2.24. The van der Waals surface area contributed by atoms with Crippen LogP contribution in [0.1, 0.15) is 24.0 Å². The van der Waals surface area contributed by atoms with Crippen LogP contribution in [0.5, 0.6) is 5.75 Å². The van der Waals surface area contributed by atoms with Gasteiger partial charge in [0.15, 0.2) is 6.79 Å². The Bertz CT molecular complexity index is 480. The van der Waals surface area contributed by atoms with Crippen LogP contribution < -0.4 is 4.74 Å². The van der Waals surface area contributed by atoms with Crippen LogP contribution in [0.3, 0.4) is 0 Å². The van der Waals surface area contributed by atoms with Crippen molar-refractivity contribution >= 4 is 11.6 Å². The summed E-state index contributed by atoms with van der Waals surface area (Å²) in [6.45, 7) is 4.13. The molecule has 110 valence electrons. The highest BCUT2D eigenvalue weighted by Crippen LogP contribution is 2.33. The zero-order valence-corrected chi connectivity index (χ0v) is 12.2. The minimum absolute atomic E-state index is 0.283. The monoisotopic (exact) mass is 297 g/mol. The third-order valence-electron chi connectivity index (χ3n) is 4.05. The Morgan fingerprint density at radius 3 is 3.15 bits per heavy atom. The molecule has 2 aliphatic rings. The molecule has 2 aliphatic heterocycles. The summed E-state index contributed by atoms with van der Waals surface area (Å²) in [5.74, 6) is 1.55. The molecule has 1 fully saturated rings. The second-order valence-corrected chi connectivity index (χ2v) is 6.00. The molecule has 0 amide bonds. The van der Waals surface area contributed by atoms with E-state index in [2.05, 4.69) is 4.90 Å². The van der Waals surface area contributed by atoms with E-state index in [-0.39, 0.29) is 6.61 Å². The van der Waals surface area contributed by atoms with Gasteiger partial charge in [0.2, 0.25) is 0 Å². The highest BCUT2D eigenvalue weighted by molar-refractivity contribution is 6.30. The van der Waals surface area contributed by atoms with Gasteiger partial charge in [0.25, 0.3) is 0 Å². The second kappa shape index (κ2) is 6.31. The second-order valence-electron chi connectivity index (χ2n) is 5.57. The van der Waals surface area contributed by atoms with Crippen molar-refractivity contribution in [1.82, 2.24) is 4.90 Å². The number of halogens is 1. The fourth-order valence-corrected chi connectivity index (χ4v) is 3.35. The Labute approximate surface area is 124 Å². The molecule has 0 bridgehead atoms. The smallest absolute Gasteiger partial charge is 0.189 e. The van der Waals surface area contributed by atoms with Crippen molar-refractivity contribution in [2.24, 2.45) is 5.92 Å². The number of rotatable bonds is 4. The molecular formula is C15H20ClNO3. The fourth-order valence-electron chi connectivity index (χ4n) is 3.09. The maximum atomic E-state index is 9.03. The number of fused-ring (bicyclic) bond motifs is 1. The molecule has 1 unspecified atom stereocenters. The summed E-state index contributed by atoms with van der Waals surface area (Å²) in [5, 5.41) is 9.76. The van der Waals surface area contributed by atoms with E-state index in [0.717, 1.165) is 54.4 Å². The van der Waals surface area contributed by atoms with Gasteiger partial charge in [0.05, 0.1) is 6.61 Å². The number of aliphatic hydroxyl groups excluding tert-OH is 1. The van der Waals surface area contributed by atoms with Gasteiger partial charge >= 0.3 is 0 Å². The molecule has 4 nitrogen and oxygen atoms in total. The number of likely N-dealkylation sites (tertiary alicyclic amines) is 1. The highest BCUT2D eigenvalue weighted by atomic mass is 35.5. The lowest BCUT2D eigenvalue weighted by molar-refractivity contribution is -0.0174. The van der Waals surface area contributed by atoms with Gasteiger partial charge in [-0.25, -0.2) is 0 Å². The molecule has 1 atom stereocenters. The van der Waals surface area contributed by atoms with E-state index in [1.54, 1.807) is 0 Å². The van der Waals surface area contributed by atoms with Crippen LogP contribution in [0.4, 0.5) is 0 Å². The molecule has 0 aromatic heterocycles. The zero-order chi connectivity index (χ0) is 13.9. The van der Waals surface area contributed by atoms with E-state index in [0.29, 0.717) is 19.3 Å². The van der Waals surface area contributed by atoms with Crippen LogP contribution in [0.15, 0.2) is 12.1 Å².